The van der Waals surface area contributed by atoms with Gasteiger partial charge < -0.3 is 14.5 Å². The molecule has 0 unspecified atom stereocenters. The number of para-hydroxylation sites is 1. The minimum Gasteiger partial charge on any atom is -0.494 e. The van der Waals surface area contributed by atoms with E-state index >= 15 is 0 Å². The summed E-state index contributed by atoms with van der Waals surface area (Å²) in [4.78, 5) is 18.4. The van der Waals surface area contributed by atoms with Crippen LogP contribution in [0.15, 0.2) is 30.3 Å². The second-order valence-corrected chi connectivity index (χ2v) is 7.33. The number of methoxy groups -OCH3 is 1. The molecule has 3 heterocycles. The van der Waals surface area contributed by atoms with Crippen molar-refractivity contribution in [1.82, 2.24) is 15.0 Å². The molecule has 6 nitrogen and oxygen atoms in total. The molecule has 1 fully saturated rings. The zero-order chi connectivity index (χ0) is 19.7. The van der Waals surface area contributed by atoms with Crippen LogP contribution in [0.3, 0.4) is 0 Å². The fourth-order valence-electron chi connectivity index (χ4n) is 3.64. The summed E-state index contributed by atoms with van der Waals surface area (Å²) < 4.78 is 5.52. The van der Waals surface area contributed by atoms with Gasteiger partial charge in [-0.3, -0.25) is 0 Å². The number of fused-ring (bicyclic) bond motifs is 1. The molecule has 1 aliphatic rings. The molecule has 0 bridgehead atoms. The summed E-state index contributed by atoms with van der Waals surface area (Å²) in [6.45, 7) is 7.63. The van der Waals surface area contributed by atoms with Gasteiger partial charge in [-0.25, -0.2) is 15.0 Å². The van der Waals surface area contributed by atoms with Gasteiger partial charge >= 0.3 is 0 Å². The maximum atomic E-state index is 6.16. The Hall–Kier alpha value is -2.60. The number of hydrogen-bond donors (Lipinski definition) is 0. The molecule has 4 rings (SSSR count). The van der Waals surface area contributed by atoms with Gasteiger partial charge in [-0.1, -0.05) is 30.7 Å². The molecular weight excluding hydrogens is 374 g/mol. The summed E-state index contributed by atoms with van der Waals surface area (Å²) in [5.74, 6) is 3.48. The molecule has 0 atom stereocenters. The minimum atomic E-state index is 0.503. The van der Waals surface area contributed by atoms with Crippen molar-refractivity contribution >= 4 is 34.1 Å². The maximum Gasteiger partial charge on any atom is 0.145 e. The third-order valence-corrected chi connectivity index (χ3v) is 5.38. The summed E-state index contributed by atoms with van der Waals surface area (Å²) in [5.41, 5.74) is 2.12. The highest BCUT2D eigenvalue weighted by molar-refractivity contribution is 6.29. The van der Waals surface area contributed by atoms with Crippen LogP contribution in [-0.4, -0.2) is 48.2 Å². The Morgan fingerprint density at radius 3 is 2.32 bits per heavy atom. The van der Waals surface area contributed by atoms with Gasteiger partial charge in [-0.2, -0.15) is 0 Å². The van der Waals surface area contributed by atoms with Crippen LogP contribution >= 0.6 is 11.6 Å². The van der Waals surface area contributed by atoms with Crippen LogP contribution in [0.4, 0.5) is 11.6 Å². The quantitative estimate of drug-likeness (QED) is 0.622. The van der Waals surface area contributed by atoms with Gasteiger partial charge in [0.05, 0.1) is 7.11 Å². The lowest BCUT2D eigenvalue weighted by molar-refractivity contribution is 0.419. The van der Waals surface area contributed by atoms with Gasteiger partial charge in [0.1, 0.15) is 33.9 Å². The van der Waals surface area contributed by atoms with E-state index < -0.39 is 0 Å². The lowest BCUT2D eigenvalue weighted by Crippen LogP contribution is -2.47. The van der Waals surface area contributed by atoms with Gasteiger partial charge in [0.25, 0.3) is 0 Å². The minimum absolute atomic E-state index is 0.503. The highest BCUT2D eigenvalue weighted by Crippen LogP contribution is 2.30. The average Bonchev–Trinajstić information content (AvgIpc) is 2.73. The van der Waals surface area contributed by atoms with Crippen molar-refractivity contribution in [3.8, 4) is 5.75 Å². The number of anilines is 2. The smallest absolute Gasteiger partial charge is 0.145 e. The van der Waals surface area contributed by atoms with Crippen molar-refractivity contribution < 1.29 is 4.74 Å². The SMILES string of the molecule is CCc1nc(Cl)cc(N2CCN(c3cc(C)c4cccc(OC)c4n3)CC2)n1. The Kier molecular flexibility index (Phi) is 5.22. The molecule has 146 valence electrons. The summed E-state index contributed by atoms with van der Waals surface area (Å²) in [5, 5.41) is 1.63. The standard InChI is InChI=1S/C21H24ClN5O/c1-4-18-23-17(22)13-20(24-18)27-10-8-26(9-11-27)19-12-14(2)15-6-5-7-16(28-3)21(15)25-19/h5-7,12-13H,4,8-11H2,1-3H3. The van der Waals surface area contributed by atoms with E-state index in [1.807, 2.05) is 25.1 Å². The Bertz CT molecular complexity index is 1000. The van der Waals surface area contributed by atoms with Gasteiger partial charge in [0, 0.05) is 44.1 Å². The van der Waals surface area contributed by atoms with E-state index in [4.69, 9.17) is 21.3 Å². The second-order valence-electron chi connectivity index (χ2n) is 6.95. The van der Waals surface area contributed by atoms with E-state index in [-0.39, 0.29) is 0 Å². The fourth-order valence-corrected chi connectivity index (χ4v) is 3.83. The molecule has 1 aliphatic heterocycles. The molecule has 0 aliphatic carbocycles. The molecule has 1 saturated heterocycles. The number of aryl methyl sites for hydroxylation is 2. The van der Waals surface area contributed by atoms with Gasteiger partial charge in [0.15, 0.2) is 0 Å². The first-order chi connectivity index (χ1) is 13.6. The molecule has 28 heavy (non-hydrogen) atoms. The molecular formula is C21H24ClN5O. The van der Waals surface area contributed by atoms with E-state index in [0.29, 0.717) is 5.15 Å². The number of hydrogen-bond acceptors (Lipinski definition) is 6. The lowest BCUT2D eigenvalue weighted by Gasteiger charge is -2.36. The van der Waals surface area contributed by atoms with Crippen molar-refractivity contribution in [2.24, 2.45) is 0 Å². The third-order valence-electron chi connectivity index (χ3n) is 5.19. The fraction of sp³-hybridized carbons (Fsp3) is 0.381. The highest BCUT2D eigenvalue weighted by Gasteiger charge is 2.21. The van der Waals surface area contributed by atoms with Crippen LogP contribution in [0.5, 0.6) is 5.75 Å². The second kappa shape index (κ2) is 7.80. The van der Waals surface area contributed by atoms with Crippen molar-refractivity contribution in [1.29, 1.82) is 0 Å². The largest absolute Gasteiger partial charge is 0.494 e. The number of rotatable bonds is 4. The van der Waals surface area contributed by atoms with E-state index in [0.717, 1.165) is 66.7 Å². The maximum absolute atomic E-state index is 6.16. The van der Waals surface area contributed by atoms with Crippen molar-refractivity contribution in [3.05, 3.63) is 46.9 Å². The number of halogens is 1. The van der Waals surface area contributed by atoms with Crippen LogP contribution in [0.1, 0.15) is 18.3 Å². The number of nitrogens with zero attached hydrogens (tertiary/aromatic N) is 5. The average molecular weight is 398 g/mol. The Morgan fingerprint density at radius 1 is 1.00 bits per heavy atom. The van der Waals surface area contributed by atoms with Crippen molar-refractivity contribution in [3.63, 3.8) is 0 Å². The summed E-state index contributed by atoms with van der Waals surface area (Å²) in [7, 11) is 1.69. The van der Waals surface area contributed by atoms with Crippen LogP contribution in [0, 0.1) is 6.92 Å². The van der Waals surface area contributed by atoms with Crippen LogP contribution in [-0.2, 0) is 6.42 Å². The van der Waals surface area contributed by atoms with Gasteiger partial charge in [-0.05, 0) is 24.6 Å². The number of aromatic nitrogens is 3. The zero-order valence-corrected chi connectivity index (χ0v) is 17.2. The zero-order valence-electron chi connectivity index (χ0n) is 16.4. The predicted octanol–water partition coefficient (Wildman–Crippen LogP) is 3.88. The number of piperazine rings is 1. The first-order valence-electron chi connectivity index (χ1n) is 9.56. The molecule has 0 spiro atoms. The van der Waals surface area contributed by atoms with E-state index in [1.165, 1.54) is 5.56 Å². The Balaban J connectivity index is 1.56. The molecule has 3 aromatic rings. The monoisotopic (exact) mass is 397 g/mol. The Morgan fingerprint density at radius 2 is 1.68 bits per heavy atom. The van der Waals surface area contributed by atoms with E-state index in [2.05, 4.69) is 38.8 Å². The Labute approximate surface area is 170 Å². The number of pyridine rings is 1. The third kappa shape index (κ3) is 3.56. The van der Waals surface area contributed by atoms with Crippen molar-refractivity contribution in [2.75, 3.05) is 43.1 Å². The molecule has 0 N–H and O–H groups in total. The predicted molar refractivity (Wildman–Crippen MR) is 114 cm³/mol. The summed E-state index contributed by atoms with van der Waals surface area (Å²) in [6, 6.07) is 10.1. The number of ether oxygens (including phenoxy) is 1. The van der Waals surface area contributed by atoms with Crippen LogP contribution < -0.4 is 14.5 Å². The van der Waals surface area contributed by atoms with Crippen LogP contribution in [0.2, 0.25) is 5.15 Å². The van der Waals surface area contributed by atoms with Crippen molar-refractivity contribution in [2.45, 2.75) is 20.3 Å². The van der Waals surface area contributed by atoms with Gasteiger partial charge in [-0.15, -0.1) is 0 Å². The molecule has 1 aromatic carbocycles. The van der Waals surface area contributed by atoms with Crippen LogP contribution in [0.25, 0.3) is 10.9 Å². The summed E-state index contributed by atoms with van der Waals surface area (Å²) >= 11 is 6.16. The summed E-state index contributed by atoms with van der Waals surface area (Å²) in [6.07, 6.45) is 0.773. The normalized spacial score (nSPS) is 14.6. The first-order valence-corrected chi connectivity index (χ1v) is 9.94. The highest BCUT2D eigenvalue weighted by atomic mass is 35.5. The van der Waals surface area contributed by atoms with Gasteiger partial charge in [0.2, 0.25) is 0 Å². The van der Waals surface area contributed by atoms with E-state index in [1.54, 1.807) is 7.11 Å². The molecule has 0 radical (unpaired) electrons. The topological polar surface area (TPSA) is 54.4 Å². The number of benzene rings is 1. The lowest BCUT2D eigenvalue weighted by atomic mass is 10.1. The van der Waals surface area contributed by atoms with E-state index in [9.17, 15) is 0 Å². The molecule has 0 saturated carbocycles. The molecule has 7 heteroatoms. The molecule has 0 amide bonds. The first kappa shape index (κ1) is 18.7. The molecule has 2 aromatic heterocycles.